The van der Waals surface area contributed by atoms with Crippen molar-refractivity contribution >= 4 is 34.4 Å². The molecule has 1 aliphatic heterocycles. The number of nitrogens with zero attached hydrogens (tertiary/aromatic N) is 2. The minimum atomic E-state index is -0.544. The largest absolute Gasteiger partial charge is 0.490 e. The molecule has 2 aromatic heterocycles. The average molecular weight is 444 g/mol. The number of carbonyl (C=O) groups excluding carboxylic acids is 2. The van der Waals surface area contributed by atoms with Gasteiger partial charge in [-0.25, -0.2) is 9.78 Å². The molecule has 32 heavy (non-hydrogen) atoms. The minimum Gasteiger partial charge on any atom is -0.490 e. The van der Waals surface area contributed by atoms with Crippen LogP contribution in [-0.2, 0) is 9.53 Å². The van der Waals surface area contributed by atoms with Crippen molar-refractivity contribution in [3.63, 3.8) is 0 Å². The Labute approximate surface area is 188 Å². The van der Waals surface area contributed by atoms with Gasteiger partial charge in [-0.15, -0.1) is 0 Å². The van der Waals surface area contributed by atoms with Gasteiger partial charge in [0.05, 0.1) is 29.6 Å². The third kappa shape index (κ3) is 5.08. The summed E-state index contributed by atoms with van der Waals surface area (Å²) in [6.45, 7) is 9.42. The van der Waals surface area contributed by atoms with Crippen molar-refractivity contribution in [2.45, 2.75) is 65.0 Å². The highest BCUT2D eigenvalue weighted by molar-refractivity contribution is 6.08. The zero-order valence-electron chi connectivity index (χ0n) is 19.3. The average Bonchev–Trinajstić information content (AvgIpc) is 3.49. The standard InChI is InChI=1S/C23H33N5O4/c1-5-31-17-12-25-20-18(16(11-24-20)27-21(29)14-8-9-14)19(17)28-10-6-7-15(13-28)26-22(30)32-23(2,3)4/h11-12,14-15H,5-10,13H2,1-4H3,(H,24,25)(H,26,30)(H,27,29). The van der Waals surface area contributed by atoms with Gasteiger partial charge in [0.25, 0.3) is 0 Å². The van der Waals surface area contributed by atoms with Crippen LogP contribution in [0, 0.1) is 5.92 Å². The summed E-state index contributed by atoms with van der Waals surface area (Å²) in [4.78, 5) is 34.7. The number of hydrogen-bond acceptors (Lipinski definition) is 6. The van der Waals surface area contributed by atoms with E-state index in [1.54, 1.807) is 12.4 Å². The van der Waals surface area contributed by atoms with Gasteiger partial charge in [0.15, 0.2) is 5.75 Å². The van der Waals surface area contributed by atoms with Crippen LogP contribution < -0.4 is 20.3 Å². The van der Waals surface area contributed by atoms with E-state index in [9.17, 15) is 9.59 Å². The van der Waals surface area contributed by atoms with Crippen molar-refractivity contribution < 1.29 is 19.1 Å². The van der Waals surface area contributed by atoms with Gasteiger partial charge < -0.3 is 30.0 Å². The van der Waals surface area contributed by atoms with Gasteiger partial charge in [0.1, 0.15) is 11.2 Å². The molecule has 2 aromatic rings. The third-order valence-corrected chi connectivity index (χ3v) is 5.60. The number of anilines is 2. The van der Waals surface area contributed by atoms with Crippen LogP contribution in [0.5, 0.6) is 5.75 Å². The van der Waals surface area contributed by atoms with E-state index in [4.69, 9.17) is 9.47 Å². The number of rotatable bonds is 6. The molecule has 4 rings (SSSR count). The number of amides is 2. The summed E-state index contributed by atoms with van der Waals surface area (Å²) >= 11 is 0. The molecule has 3 N–H and O–H groups in total. The number of piperidine rings is 1. The lowest BCUT2D eigenvalue weighted by Gasteiger charge is -2.36. The third-order valence-electron chi connectivity index (χ3n) is 5.60. The highest BCUT2D eigenvalue weighted by atomic mass is 16.6. The molecule has 3 heterocycles. The van der Waals surface area contributed by atoms with Crippen LogP contribution in [0.1, 0.15) is 53.4 Å². The van der Waals surface area contributed by atoms with Crippen LogP contribution in [0.2, 0.25) is 0 Å². The molecule has 9 heteroatoms. The predicted molar refractivity (Wildman–Crippen MR) is 123 cm³/mol. The van der Waals surface area contributed by atoms with E-state index in [1.807, 2.05) is 27.7 Å². The second kappa shape index (κ2) is 8.88. The van der Waals surface area contributed by atoms with Crippen molar-refractivity contribution in [3.05, 3.63) is 12.4 Å². The Morgan fingerprint density at radius 3 is 2.75 bits per heavy atom. The normalized spacial score (nSPS) is 19.0. The van der Waals surface area contributed by atoms with E-state index in [-0.39, 0.29) is 17.9 Å². The van der Waals surface area contributed by atoms with Gasteiger partial charge in [0.2, 0.25) is 5.91 Å². The Hall–Kier alpha value is -2.97. The fourth-order valence-electron chi connectivity index (χ4n) is 4.09. The summed E-state index contributed by atoms with van der Waals surface area (Å²) in [6.07, 6.45) is 6.75. The van der Waals surface area contributed by atoms with E-state index in [1.165, 1.54) is 0 Å². The maximum atomic E-state index is 12.5. The smallest absolute Gasteiger partial charge is 0.407 e. The summed E-state index contributed by atoms with van der Waals surface area (Å²) in [7, 11) is 0. The number of fused-ring (bicyclic) bond motifs is 1. The van der Waals surface area contributed by atoms with Crippen LogP contribution in [0.4, 0.5) is 16.2 Å². The van der Waals surface area contributed by atoms with Crippen molar-refractivity contribution in [1.29, 1.82) is 0 Å². The maximum absolute atomic E-state index is 12.5. The molecule has 1 unspecified atom stereocenters. The van der Waals surface area contributed by atoms with Gasteiger partial charge in [-0.2, -0.15) is 0 Å². The molecular formula is C23H33N5O4. The molecular weight excluding hydrogens is 410 g/mol. The molecule has 1 atom stereocenters. The van der Waals surface area contributed by atoms with Crippen molar-refractivity contribution in [1.82, 2.24) is 15.3 Å². The molecule has 0 bridgehead atoms. The number of aromatic nitrogens is 2. The van der Waals surface area contributed by atoms with Crippen LogP contribution in [0.15, 0.2) is 12.4 Å². The second-order valence-electron chi connectivity index (χ2n) is 9.52. The van der Waals surface area contributed by atoms with Gasteiger partial charge in [-0.3, -0.25) is 4.79 Å². The van der Waals surface area contributed by atoms with Crippen LogP contribution in [0.25, 0.3) is 11.0 Å². The number of ether oxygens (including phenoxy) is 2. The Balaban J connectivity index is 1.62. The number of pyridine rings is 1. The fourth-order valence-corrected chi connectivity index (χ4v) is 4.09. The molecule has 2 aliphatic rings. The first kappa shape index (κ1) is 22.2. The summed E-state index contributed by atoms with van der Waals surface area (Å²) in [5.74, 6) is 0.810. The first-order valence-electron chi connectivity index (χ1n) is 11.4. The predicted octanol–water partition coefficient (Wildman–Crippen LogP) is 3.80. The second-order valence-corrected chi connectivity index (χ2v) is 9.52. The first-order valence-corrected chi connectivity index (χ1v) is 11.4. The molecule has 0 radical (unpaired) electrons. The Morgan fingerprint density at radius 1 is 1.28 bits per heavy atom. The number of aromatic amines is 1. The number of alkyl carbamates (subject to hydrolysis) is 1. The van der Waals surface area contributed by atoms with Gasteiger partial charge in [-0.1, -0.05) is 0 Å². The molecule has 1 saturated heterocycles. The van der Waals surface area contributed by atoms with Gasteiger partial charge in [-0.05, 0) is 53.4 Å². The molecule has 2 fully saturated rings. The molecule has 1 saturated carbocycles. The Kier molecular flexibility index (Phi) is 6.17. The quantitative estimate of drug-likeness (QED) is 0.627. The van der Waals surface area contributed by atoms with E-state index in [2.05, 4.69) is 25.5 Å². The molecule has 174 valence electrons. The van der Waals surface area contributed by atoms with Crippen molar-refractivity contribution in [2.75, 3.05) is 29.9 Å². The number of H-pyrrole nitrogens is 1. The lowest BCUT2D eigenvalue weighted by atomic mass is 10.0. The van der Waals surface area contributed by atoms with Crippen LogP contribution >= 0.6 is 0 Å². The summed E-state index contributed by atoms with van der Waals surface area (Å²) in [5.41, 5.74) is 1.75. The van der Waals surface area contributed by atoms with Crippen molar-refractivity contribution in [3.8, 4) is 5.75 Å². The zero-order valence-corrected chi connectivity index (χ0v) is 19.3. The lowest BCUT2D eigenvalue weighted by Crippen LogP contribution is -2.49. The summed E-state index contributed by atoms with van der Waals surface area (Å²) < 4.78 is 11.4. The Morgan fingerprint density at radius 2 is 2.06 bits per heavy atom. The molecule has 9 nitrogen and oxygen atoms in total. The van der Waals surface area contributed by atoms with Crippen molar-refractivity contribution in [2.24, 2.45) is 5.92 Å². The van der Waals surface area contributed by atoms with Crippen LogP contribution in [-0.4, -0.2) is 53.3 Å². The lowest BCUT2D eigenvalue weighted by molar-refractivity contribution is -0.117. The van der Waals surface area contributed by atoms with Crippen LogP contribution in [0.3, 0.4) is 0 Å². The Bertz CT molecular complexity index is 992. The fraction of sp³-hybridized carbons (Fsp3) is 0.609. The maximum Gasteiger partial charge on any atom is 0.407 e. The zero-order chi connectivity index (χ0) is 22.9. The number of nitrogens with one attached hydrogen (secondary N) is 3. The topological polar surface area (TPSA) is 109 Å². The van der Waals surface area contributed by atoms with Gasteiger partial charge in [0, 0.05) is 31.2 Å². The monoisotopic (exact) mass is 443 g/mol. The van der Waals surface area contributed by atoms with E-state index in [0.29, 0.717) is 30.2 Å². The highest BCUT2D eigenvalue weighted by Gasteiger charge is 2.32. The highest BCUT2D eigenvalue weighted by Crippen LogP contribution is 2.41. The first-order chi connectivity index (χ1) is 15.2. The van der Waals surface area contributed by atoms with Gasteiger partial charge >= 0.3 is 6.09 Å². The molecule has 2 amide bonds. The van der Waals surface area contributed by atoms with E-state index < -0.39 is 11.7 Å². The summed E-state index contributed by atoms with van der Waals surface area (Å²) in [5, 5.41) is 6.90. The molecule has 1 aliphatic carbocycles. The SMILES string of the molecule is CCOc1cnc2[nH]cc(NC(=O)C3CC3)c2c1N1CCCC(NC(=O)OC(C)(C)C)C1. The summed E-state index contributed by atoms with van der Waals surface area (Å²) in [6, 6.07) is -0.0558. The molecule has 0 aromatic carbocycles. The van der Waals surface area contributed by atoms with E-state index >= 15 is 0 Å². The van der Waals surface area contributed by atoms with E-state index in [0.717, 1.165) is 43.3 Å². The molecule has 0 spiro atoms. The number of hydrogen-bond donors (Lipinski definition) is 3. The number of carbonyl (C=O) groups is 2. The minimum absolute atomic E-state index is 0.0433.